The zero-order valence-corrected chi connectivity index (χ0v) is 11.3. The van der Waals surface area contributed by atoms with Crippen LogP contribution in [0.5, 0.6) is 0 Å². The van der Waals surface area contributed by atoms with Gasteiger partial charge in [0.05, 0.1) is 11.4 Å². The first-order valence-corrected chi connectivity index (χ1v) is 6.33. The Morgan fingerprint density at radius 2 is 2.10 bits per heavy atom. The highest BCUT2D eigenvalue weighted by Crippen LogP contribution is 2.22. The molecule has 0 atom stereocenters. The first-order valence-electron chi connectivity index (χ1n) is 5.52. The molecule has 2 rings (SSSR count). The van der Waals surface area contributed by atoms with E-state index in [2.05, 4.69) is 10.3 Å². The third-order valence-electron chi connectivity index (χ3n) is 2.52. The monoisotopic (exact) mass is 294 g/mol. The van der Waals surface area contributed by atoms with Gasteiger partial charge < -0.3 is 16.8 Å². The fraction of sp³-hybridized carbons (Fsp3) is 0.0833. The highest BCUT2D eigenvalue weighted by Gasteiger charge is 2.16. The molecule has 2 aromatic rings. The summed E-state index contributed by atoms with van der Waals surface area (Å²) < 4.78 is 13.6. The van der Waals surface area contributed by atoms with Crippen molar-refractivity contribution in [3.8, 4) is 0 Å². The average molecular weight is 294 g/mol. The number of carbonyl (C=O) groups is 2. The van der Waals surface area contributed by atoms with Crippen LogP contribution in [0, 0.1) is 12.7 Å². The molecule has 6 nitrogen and oxygen atoms in total. The molecular formula is C12H11FN4O2S. The molecule has 5 N–H and O–H groups in total. The number of thiazole rings is 1. The molecule has 0 radical (unpaired) electrons. The highest BCUT2D eigenvalue weighted by molar-refractivity contribution is 7.17. The van der Waals surface area contributed by atoms with E-state index in [1.807, 2.05) is 0 Å². The number of nitrogens with zero attached hydrogens (tertiary/aromatic N) is 1. The molecule has 0 aliphatic heterocycles. The topological polar surface area (TPSA) is 111 Å². The second-order valence-corrected chi connectivity index (χ2v) is 5.01. The summed E-state index contributed by atoms with van der Waals surface area (Å²) in [5.41, 5.74) is 11.0. The molecule has 1 aromatic carbocycles. The number of primary amides is 1. The van der Waals surface area contributed by atoms with E-state index in [1.165, 1.54) is 12.1 Å². The summed E-state index contributed by atoms with van der Waals surface area (Å²) in [5.74, 6) is -1.92. The standard InChI is InChI=1S/C12H11FN4O2S/c1-5-9(20-12(15)16-5)11(19)17-8-4-6(10(14)18)2-3-7(8)13/h2-4H,1H3,(H2,14,18)(H2,15,16)(H,17,19). The molecule has 0 fully saturated rings. The maximum atomic E-state index is 13.6. The molecule has 104 valence electrons. The third-order valence-corrected chi connectivity index (χ3v) is 3.50. The molecule has 8 heteroatoms. The fourth-order valence-corrected chi connectivity index (χ4v) is 2.31. The van der Waals surface area contributed by atoms with Crippen molar-refractivity contribution in [1.29, 1.82) is 0 Å². The normalized spacial score (nSPS) is 10.3. The van der Waals surface area contributed by atoms with Crippen molar-refractivity contribution < 1.29 is 14.0 Å². The van der Waals surface area contributed by atoms with Crippen LogP contribution in [0.15, 0.2) is 18.2 Å². The number of halogens is 1. The lowest BCUT2D eigenvalue weighted by atomic mass is 10.2. The van der Waals surface area contributed by atoms with Gasteiger partial charge in [-0.2, -0.15) is 0 Å². The molecule has 0 bridgehead atoms. The summed E-state index contributed by atoms with van der Waals surface area (Å²) >= 11 is 0.999. The molecule has 0 unspecified atom stereocenters. The van der Waals surface area contributed by atoms with E-state index < -0.39 is 17.6 Å². The maximum Gasteiger partial charge on any atom is 0.267 e. The van der Waals surface area contributed by atoms with Crippen molar-refractivity contribution in [2.24, 2.45) is 5.73 Å². The first kappa shape index (κ1) is 13.9. The van der Waals surface area contributed by atoms with Gasteiger partial charge in [0.1, 0.15) is 10.7 Å². The van der Waals surface area contributed by atoms with Crippen LogP contribution >= 0.6 is 11.3 Å². The second-order valence-electron chi connectivity index (χ2n) is 3.98. The van der Waals surface area contributed by atoms with Crippen molar-refractivity contribution in [3.63, 3.8) is 0 Å². The smallest absolute Gasteiger partial charge is 0.267 e. The van der Waals surface area contributed by atoms with Crippen LogP contribution in [0.2, 0.25) is 0 Å². The SMILES string of the molecule is Cc1nc(N)sc1C(=O)Nc1cc(C(N)=O)ccc1F. The van der Waals surface area contributed by atoms with Gasteiger partial charge in [0.2, 0.25) is 5.91 Å². The molecule has 2 amide bonds. The number of hydrogen-bond donors (Lipinski definition) is 3. The lowest BCUT2D eigenvalue weighted by Crippen LogP contribution is -2.15. The number of rotatable bonds is 3. The zero-order chi connectivity index (χ0) is 14.9. The Morgan fingerprint density at radius 3 is 2.65 bits per heavy atom. The van der Waals surface area contributed by atoms with Crippen LogP contribution in [0.4, 0.5) is 15.2 Å². The maximum absolute atomic E-state index is 13.6. The number of nitrogens with one attached hydrogen (secondary N) is 1. The molecule has 20 heavy (non-hydrogen) atoms. The van der Waals surface area contributed by atoms with Crippen LogP contribution in [0.3, 0.4) is 0 Å². The van der Waals surface area contributed by atoms with Crippen LogP contribution in [-0.2, 0) is 0 Å². The van der Waals surface area contributed by atoms with Crippen LogP contribution in [0.25, 0.3) is 0 Å². The first-order chi connectivity index (χ1) is 9.38. The number of benzene rings is 1. The van der Waals surface area contributed by atoms with Gasteiger partial charge in [-0.25, -0.2) is 9.37 Å². The summed E-state index contributed by atoms with van der Waals surface area (Å²) in [4.78, 5) is 27.2. The molecule has 1 aromatic heterocycles. The summed E-state index contributed by atoms with van der Waals surface area (Å²) in [6, 6.07) is 3.47. The number of aromatic nitrogens is 1. The van der Waals surface area contributed by atoms with Crippen molar-refractivity contribution in [2.45, 2.75) is 6.92 Å². The zero-order valence-electron chi connectivity index (χ0n) is 10.4. The summed E-state index contributed by atoms with van der Waals surface area (Å²) in [6.45, 7) is 1.62. The Balaban J connectivity index is 2.30. The van der Waals surface area contributed by atoms with E-state index in [4.69, 9.17) is 11.5 Å². The lowest BCUT2D eigenvalue weighted by molar-refractivity contribution is 0.0996. The summed E-state index contributed by atoms with van der Waals surface area (Å²) in [5, 5.41) is 2.62. The van der Waals surface area contributed by atoms with Crippen LogP contribution in [0.1, 0.15) is 25.7 Å². The highest BCUT2D eigenvalue weighted by atomic mass is 32.1. The molecule has 0 aliphatic rings. The van der Waals surface area contributed by atoms with Gasteiger partial charge in [0.25, 0.3) is 5.91 Å². The number of aryl methyl sites for hydroxylation is 1. The van der Waals surface area contributed by atoms with Gasteiger partial charge in [0.15, 0.2) is 5.13 Å². The average Bonchev–Trinajstić information content (AvgIpc) is 2.71. The van der Waals surface area contributed by atoms with Crippen LogP contribution in [-0.4, -0.2) is 16.8 Å². The predicted octanol–water partition coefficient (Wildman–Crippen LogP) is 1.52. The molecule has 1 heterocycles. The minimum absolute atomic E-state index is 0.0993. The Morgan fingerprint density at radius 1 is 1.40 bits per heavy atom. The Bertz CT molecular complexity index is 699. The number of carbonyl (C=O) groups excluding carboxylic acids is 2. The van der Waals surface area contributed by atoms with Crippen molar-refractivity contribution in [2.75, 3.05) is 11.1 Å². The largest absolute Gasteiger partial charge is 0.375 e. The van der Waals surface area contributed by atoms with Gasteiger partial charge in [0, 0.05) is 5.56 Å². The lowest BCUT2D eigenvalue weighted by Gasteiger charge is -2.06. The second kappa shape index (κ2) is 5.25. The van der Waals surface area contributed by atoms with Gasteiger partial charge >= 0.3 is 0 Å². The van der Waals surface area contributed by atoms with E-state index in [9.17, 15) is 14.0 Å². The van der Waals surface area contributed by atoms with E-state index in [0.29, 0.717) is 5.69 Å². The van der Waals surface area contributed by atoms with Crippen LogP contribution < -0.4 is 16.8 Å². The van der Waals surface area contributed by atoms with E-state index >= 15 is 0 Å². The van der Waals surface area contributed by atoms with Crippen molar-refractivity contribution >= 4 is 34.0 Å². The Kier molecular flexibility index (Phi) is 3.66. The van der Waals surface area contributed by atoms with E-state index in [1.54, 1.807) is 6.92 Å². The van der Waals surface area contributed by atoms with Crippen molar-refractivity contribution in [3.05, 3.63) is 40.2 Å². The summed E-state index contributed by atoms with van der Waals surface area (Å²) in [6.07, 6.45) is 0. The van der Waals surface area contributed by atoms with E-state index in [-0.39, 0.29) is 21.3 Å². The number of nitrogens with two attached hydrogens (primary N) is 2. The summed E-state index contributed by atoms with van der Waals surface area (Å²) in [7, 11) is 0. The predicted molar refractivity (Wildman–Crippen MR) is 74.1 cm³/mol. The fourth-order valence-electron chi connectivity index (χ4n) is 1.58. The number of nitrogen functional groups attached to an aromatic ring is 1. The molecular weight excluding hydrogens is 283 g/mol. The molecule has 0 spiro atoms. The van der Waals surface area contributed by atoms with Gasteiger partial charge in [-0.05, 0) is 25.1 Å². The molecule has 0 saturated heterocycles. The minimum atomic E-state index is -0.710. The van der Waals surface area contributed by atoms with Crippen molar-refractivity contribution in [1.82, 2.24) is 4.98 Å². The number of hydrogen-bond acceptors (Lipinski definition) is 5. The van der Waals surface area contributed by atoms with Gasteiger partial charge in [-0.3, -0.25) is 9.59 Å². The van der Waals surface area contributed by atoms with Gasteiger partial charge in [-0.1, -0.05) is 11.3 Å². The molecule has 0 aliphatic carbocycles. The number of amides is 2. The quantitative estimate of drug-likeness (QED) is 0.796. The molecule has 0 saturated carbocycles. The van der Waals surface area contributed by atoms with E-state index in [0.717, 1.165) is 17.4 Å². The Labute approximate surface area is 117 Å². The van der Waals surface area contributed by atoms with Gasteiger partial charge in [-0.15, -0.1) is 0 Å². The Hall–Kier alpha value is -2.48. The number of anilines is 2. The minimum Gasteiger partial charge on any atom is -0.375 e. The third kappa shape index (κ3) is 2.75.